The van der Waals surface area contributed by atoms with Gasteiger partial charge in [-0.05, 0) is 41.5 Å². The molecule has 0 radical (unpaired) electrons. The van der Waals surface area contributed by atoms with Crippen LogP contribution in [0.5, 0.6) is 0 Å². The minimum atomic E-state index is -1.03. The third-order valence-electron chi connectivity index (χ3n) is 2.81. The predicted octanol–water partition coefficient (Wildman–Crippen LogP) is 2.98. The number of ether oxygens (including phenoxy) is 2. The number of hydrogen-bond donors (Lipinski definition) is 0. The second-order valence-corrected chi connectivity index (χ2v) is 7.34. The van der Waals surface area contributed by atoms with Gasteiger partial charge in [-0.25, -0.2) is 14.5 Å². The first-order valence-electron chi connectivity index (χ1n) is 7.47. The van der Waals surface area contributed by atoms with Crippen molar-refractivity contribution >= 4 is 18.0 Å². The summed E-state index contributed by atoms with van der Waals surface area (Å²) >= 11 is 0. The number of rotatable bonds is 2. The summed E-state index contributed by atoms with van der Waals surface area (Å²) < 4.78 is 10.5. The monoisotopic (exact) mass is 323 g/mol. The van der Waals surface area contributed by atoms with Crippen molar-refractivity contribution in [2.45, 2.75) is 65.2 Å². The summed E-state index contributed by atoms with van der Waals surface area (Å²) in [5.74, 6) is -1.20. The maximum absolute atomic E-state index is 12.4. The highest BCUT2D eigenvalue weighted by molar-refractivity contribution is 6.09. The molecule has 23 heavy (non-hydrogen) atoms. The molecule has 0 bridgehead atoms. The van der Waals surface area contributed by atoms with Crippen molar-refractivity contribution in [2.75, 3.05) is 0 Å². The van der Waals surface area contributed by atoms with Gasteiger partial charge in [-0.3, -0.25) is 4.79 Å². The van der Waals surface area contributed by atoms with Crippen LogP contribution in [0.2, 0.25) is 0 Å². The van der Waals surface area contributed by atoms with Gasteiger partial charge >= 0.3 is 12.1 Å². The molecular weight excluding hydrogens is 298 g/mol. The highest BCUT2D eigenvalue weighted by Crippen LogP contribution is 2.28. The Morgan fingerprint density at radius 2 is 1.65 bits per heavy atom. The Bertz CT molecular complexity index is 548. The van der Waals surface area contributed by atoms with Gasteiger partial charge in [0.1, 0.15) is 17.2 Å². The van der Waals surface area contributed by atoms with Crippen LogP contribution in [0.3, 0.4) is 0 Å². The molecule has 0 aromatic heterocycles. The molecule has 0 aromatic rings. The van der Waals surface area contributed by atoms with Gasteiger partial charge in [-0.1, -0.05) is 18.7 Å². The summed E-state index contributed by atoms with van der Waals surface area (Å²) in [6, 6.07) is -1.03. The minimum absolute atomic E-state index is 0.0824. The van der Waals surface area contributed by atoms with Gasteiger partial charge in [0.05, 0.1) is 0 Å². The number of esters is 1. The normalized spacial score (nSPS) is 20.6. The molecule has 1 aliphatic heterocycles. The van der Waals surface area contributed by atoms with E-state index in [0.717, 1.165) is 4.90 Å². The van der Waals surface area contributed by atoms with Gasteiger partial charge in [-0.2, -0.15) is 0 Å². The van der Waals surface area contributed by atoms with Crippen molar-refractivity contribution in [3.63, 3.8) is 0 Å². The number of nitrogens with zero attached hydrogens (tertiary/aromatic N) is 1. The Balaban J connectivity index is 3.11. The van der Waals surface area contributed by atoms with Gasteiger partial charge in [0.25, 0.3) is 5.91 Å². The van der Waals surface area contributed by atoms with E-state index in [1.807, 2.05) is 0 Å². The number of allylic oxidation sites excluding steroid dienone is 2. The van der Waals surface area contributed by atoms with Gasteiger partial charge in [0, 0.05) is 12.0 Å². The summed E-state index contributed by atoms with van der Waals surface area (Å²) in [5, 5.41) is 0. The van der Waals surface area contributed by atoms with Crippen LogP contribution in [-0.2, 0) is 19.1 Å². The van der Waals surface area contributed by atoms with E-state index in [1.54, 1.807) is 41.5 Å². The molecule has 1 heterocycles. The molecule has 1 rings (SSSR count). The fourth-order valence-corrected chi connectivity index (χ4v) is 2.04. The van der Waals surface area contributed by atoms with Gasteiger partial charge < -0.3 is 9.47 Å². The molecule has 6 nitrogen and oxygen atoms in total. The first-order chi connectivity index (χ1) is 10.4. The number of imide groups is 1. The van der Waals surface area contributed by atoms with Gasteiger partial charge in [0.2, 0.25) is 0 Å². The lowest BCUT2D eigenvalue weighted by Gasteiger charge is -2.28. The zero-order valence-electron chi connectivity index (χ0n) is 14.6. The second kappa shape index (κ2) is 6.56. The lowest BCUT2D eigenvalue weighted by Crippen LogP contribution is -2.47. The molecule has 0 unspecified atom stereocenters. The zero-order valence-corrected chi connectivity index (χ0v) is 14.6. The van der Waals surface area contributed by atoms with E-state index >= 15 is 0 Å². The van der Waals surface area contributed by atoms with E-state index in [-0.39, 0.29) is 6.42 Å². The molecule has 0 aromatic carbocycles. The minimum Gasteiger partial charge on any atom is -0.458 e. The van der Waals surface area contributed by atoms with E-state index in [9.17, 15) is 14.4 Å². The molecule has 0 aliphatic carbocycles. The smallest absolute Gasteiger partial charge is 0.418 e. The Hall–Kier alpha value is -2.11. The van der Waals surface area contributed by atoms with E-state index in [0.29, 0.717) is 5.57 Å². The summed E-state index contributed by atoms with van der Waals surface area (Å²) in [4.78, 5) is 37.9. The Labute approximate surface area is 137 Å². The summed E-state index contributed by atoms with van der Waals surface area (Å²) in [6.07, 6.45) is 2.16. The number of likely N-dealkylation sites (tertiary alicyclic amines) is 1. The number of hydrogen-bond acceptors (Lipinski definition) is 5. The lowest BCUT2D eigenvalue weighted by atomic mass is 10.1. The van der Waals surface area contributed by atoms with Crippen LogP contribution in [-0.4, -0.2) is 40.1 Å². The average Bonchev–Trinajstić information content (AvgIpc) is 2.63. The Morgan fingerprint density at radius 3 is 2.09 bits per heavy atom. The standard InChI is InChI=1S/C17H25NO5/c1-8-9-11-10-12(14(20)22-16(2,3)4)18(13(11)19)15(21)23-17(5,6)7/h8-9,12H,1,10H2,2-7H3/b11-9-/t12-/m0/s1. The van der Waals surface area contributed by atoms with Crippen molar-refractivity contribution in [3.8, 4) is 0 Å². The Kier molecular flexibility index (Phi) is 5.40. The van der Waals surface area contributed by atoms with Crippen LogP contribution in [0.4, 0.5) is 4.79 Å². The van der Waals surface area contributed by atoms with Gasteiger partial charge in [-0.15, -0.1) is 0 Å². The maximum Gasteiger partial charge on any atom is 0.418 e. The highest BCUT2D eigenvalue weighted by atomic mass is 16.6. The fraction of sp³-hybridized carbons (Fsp3) is 0.588. The molecule has 128 valence electrons. The quantitative estimate of drug-likeness (QED) is 0.577. The third-order valence-corrected chi connectivity index (χ3v) is 2.81. The second-order valence-electron chi connectivity index (χ2n) is 7.34. The SMILES string of the molecule is C=C/C=C1/C[C@@H](C(=O)OC(C)(C)C)N(C(=O)OC(C)(C)C)C1=O. The number of amides is 2. The van der Waals surface area contributed by atoms with Crippen molar-refractivity contribution < 1.29 is 23.9 Å². The third kappa shape index (κ3) is 5.23. The number of carbonyl (C=O) groups excluding carboxylic acids is 3. The van der Waals surface area contributed by atoms with Crippen LogP contribution in [0.1, 0.15) is 48.0 Å². The maximum atomic E-state index is 12.4. The van der Waals surface area contributed by atoms with E-state index < -0.39 is 35.2 Å². The molecule has 1 aliphatic rings. The van der Waals surface area contributed by atoms with Crippen molar-refractivity contribution in [3.05, 3.63) is 24.3 Å². The highest BCUT2D eigenvalue weighted by Gasteiger charge is 2.46. The van der Waals surface area contributed by atoms with E-state index in [1.165, 1.54) is 12.2 Å². The largest absolute Gasteiger partial charge is 0.458 e. The molecule has 6 heteroatoms. The van der Waals surface area contributed by atoms with E-state index in [4.69, 9.17) is 9.47 Å². The lowest BCUT2D eigenvalue weighted by molar-refractivity contribution is -0.161. The number of carbonyl (C=O) groups is 3. The molecule has 0 saturated carbocycles. The average molecular weight is 323 g/mol. The summed E-state index contributed by atoms with van der Waals surface area (Å²) in [6.45, 7) is 13.8. The molecule has 1 saturated heterocycles. The van der Waals surface area contributed by atoms with E-state index in [2.05, 4.69) is 6.58 Å². The summed E-state index contributed by atoms with van der Waals surface area (Å²) in [7, 11) is 0. The predicted molar refractivity (Wildman–Crippen MR) is 85.6 cm³/mol. The fourth-order valence-electron chi connectivity index (χ4n) is 2.04. The molecule has 2 amide bonds. The first-order valence-corrected chi connectivity index (χ1v) is 7.47. The van der Waals surface area contributed by atoms with Crippen molar-refractivity contribution in [1.82, 2.24) is 4.90 Å². The van der Waals surface area contributed by atoms with Crippen molar-refractivity contribution in [1.29, 1.82) is 0 Å². The van der Waals surface area contributed by atoms with Crippen LogP contribution in [0, 0.1) is 0 Å². The molecule has 1 atom stereocenters. The van der Waals surface area contributed by atoms with Crippen LogP contribution in [0.15, 0.2) is 24.3 Å². The van der Waals surface area contributed by atoms with Crippen LogP contribution >= 0.6 is 0 Å². The first kappa shape index (κ1) is 18.9. The molecule has 0 N–H and O–H groups in total. The Morgan fingerprint density at radius 1 is 1.13 bits per heavy atom. The van der Waals surface area contributed by atoms with Crippen molar-refractivity contribution in [2.24, 2.45) is 0 Å². The zero-order chi connectivity index (χ0) is 18.0. The molecular formula is C17H25NO5. The van der Waals surface area contributed by atoms with Crippen LogP contribution < -0.4 is 0 Å². The van der Waals surface area contributed by atoms with Crippen LogP contribution in [0.25, 0.3) is 0 Å². The van der Waals surface area contributed by atoms with Gasteiger partial charge in [0.15, 0.2) is 0 Å². The molecule has 1 fully saturated rings. The topological polar surface area (TPSA) is 72.9 Å². The summed E-state index contributed by atoms with van der Waals surface area (Å²) in [5.41, 5.74) is -1.17. The molecule has 0 spiro atoms.